The van der Waals surface area contributed by atoms with Gasteiger partial charge >= 0.3 is 0 Å². The Balaban J connectivity index is 2.76. The fourth-order valence-electron chi connectivity index (χ4n) is 1.45. The highest BCUT2D eigenvalue weighted by atomic mass is 14.5. The Bertz CT molecular complexity index is 270. The van der Waals surface area contributed by atoms with E-state index in [2.05, 4.69) is 46.8 Å². The van der Waals surface area contributed by atoms with Crippen molar-refractivity contribution in [1.82, 2.24) is 0 Å². The largest absolute Gasteiger partial charge is 0.193 e. The molecule has 1 rings (SSSR count). The number of hydrogen-bond acceptors (Lipinski definition) is 1. The van der Waals surface area contributed by atoms with Crippen LogP contribution in [0.1, 0.15) is 41.0 Å². The van der Waals surface area contributed by atoms with Crippen LogP contribution in [0.5, 0.6) is 0 Å². The molecule has 0 bridgehead atoms. The van der Waals surface area contributed by atoms with Crippen LogP contribution in [0.15, 0.2) is 11.6 Å². The van der Waals surface area contributed by atoms with Gasteiger partial charge in [0.25, 0.3) is 0 Å². The minimum atomic E-state index is 0.00736. The van der Waals surface area contributed by atoms with Crippen LogP contribution in [-0.4, -0.2) is 0 Å². The van der Waals surface area contributed by atoms with Gasteiger partial charge in [0, 0.05) is 5.57 Å². The lowest BCUT2D eigenvalue weighted by atomic mass is 9.86. The SMILES string of the molecule is CC(C)(C)C(C#N)=CC1CC1(C)C. The second kappa shape index (κ2) is 2.87. The topological polar surface area (TPSA) is 23.8 Å². The van der Waals surface area contributed by atoms with Crippen molar-refractivity contribution in [2.45, 2.75) is 41.0 Å². The normalized spacial score (nSPS) is 26.8. The molecule has 13 heavy (non-hydrogen) atoms. The third kappa shape index (κ3) is 2.34. The summed E-state index contributed by atoms with van der Waals surface area (Å²) in [5.41, 5.74) is 1.38. The summed E-state index contributed by atoms with van der Waals surface area (Å²) in [5, 5.41) is 8.99. The summed E-state index contributed by atoms with van der Waals surface area (Å²) in [7, 11) is 0. The van der Waals surface area contributed by atoms with Gasteiger partial charge in [0.2, 0.25) is 0 Å². The predicted octanol–water partition coefficient (Wildman–Crippen LogP) is 3.53. The zero-order chi connectivity index (χ0) is 10.3. The molecule has 1 fully saturated rings. The van der Waals surface area contributed by atoms with Crippen molar-refractivity contribution in [3.63, 3.8) is 0 Å². The fraction of sp³-hybridized carbons (Fsp3) is 0.750. The van der Waals surface area contributed by atoms with E-state index >= 15 is 0 Å². The molecule has 0 aromatic rings. The van der Waals surface area contributed by atoms with Crippen molar-refractivity contribution in [3.05, 3.63) is 11.6 Å². The molecule has 0 aliphatic heterocycles. The molecule has 0 N–H and O–H groups in total. The predicted molar refractivity (Wildman–Crippen MR) is 55.0 cm³/mol. The van der Waals surface area contributed by atoms with Crippen LogP contribution in [0.25, 0.3) is 0 Å². The first-order valence-electron chi connectivity index (χ1n) is 4.90. The van der Waals surface area contributed by atoms with Crippen LogP contribution in [0.4, 0.5) is 0 Å². The summed E-state index contributed by atoms with van der Waals surface area (Å²) in [4.78, 5) is 0. The Morgan fingerprint density at radius 1 is 1.46 bits per heavy atom. The van der Waals surface area contributed by atoms with Crippen molar-refractivity contribution in [2.24, 2.45) is 16.7 Å². The Hall–Kier alpha value is -0.770. The van der Waals surface area contributed by atoms with Gasteiger partial charge in [-0.05, 0) is 23.2 Å². The molecule has 1 saturated carbocycles. The smallest absolute Gasteiger partial charge is 0.0949 e. The number of nitrogens with zero attached hydrogens (tertiary/aromatic N) is 1. The maximum Gasteiger partial charge on any atom is 0.0949 e. The molecule has 1 aliphatic carbocycles. The van der Waals surface area contributed by atoms with Gasteiger partial charge in [-0.25, -0.2) is 0 Å². The van der Waals surface area contributed by atoms with Gasteiger partial charge in [-0.1, -0.05) is 40.7 Å². The molecule has 1 atom stereocenters. The average molecular weight is 177 g/mol. The molecule has 72 valence electrons. The standard InChI is InChI=1S/C12H19N/c1-11(2,3)10(8-13)6-9-7-12(9,4)5/h6,9H,7H2,1-5H3. The van der Waals surface area contributed by atoms with E-state index in [1.807, 2.05) is 0 Å². The van der Waals surface area contributed by atoms with Crippen molar-refractivity contribution < 1.29 is 0 Å². The highest BCUT2D eigenvalue weighted by Gasteiger charge is 2.44. The lowest BCUT2D eigenvalue weighted by molar-refractivity contribution is 0.512. The second-order valence-electron chi connectivity index (χ2n) is 5.74. The van der Waals surface area contributed by atoms with Gasteiger partial charge in [0.05, 0.1) is 6.07 Å². The minimum Gasteiger partial charge on any atom is -0.193 e. The molecule has 0 saturated heterocycles. The quantitative estimate of drug-likeness (QED) is 0.562. The highest BCUT2D eigenvalue weighted by molar-refractivity contribution is 5.30. The summed E-state index contributed by atoms with van der Waals surface area (Å²) >= 11 is 0. The minimum absolute atomic E-state index is 0.00736. The van der Waals surface area contributed by atoms with E-state index in [4.69, 9.17) is 5.26 Å². The first kappa shape index (κ1) is 10.3. The molecular formula is C12H19N. The lowest BCUT2D eigenvalue weighted by Gasteiger charge is -2.17. The molecule has 0 aromatic heterocycles. The van der Waals surface area contributed by atoms with Gasteiger partial charge in [0.15, 0.2) is 0 Å². The molecule has 0 aromatic carbocycles. The van der Waals surface area contributed by atoms with Gasteiger partial charge in [0.1, 0.15) is 0 Å². The molecule has 0 heterocycles. The Morgan fingerprint density at radius 2 is 1.92 bits per heavy atom. The van der Waals surface area contributed by atoms with Crippen molar-refractivity contribution in [2.75, 3.05) is 0 Å². The summed E-state index contributed by atoms with van der Waals surface area (Å²) in [6.45, 7) is 10.8. The van der Waals surface area contributed by atoms with Crippen LogP contribution in [0.2, 0.25) is 0 Å². The summed E-state index contributed by atoms with van der Waals surface area (Å²) in [5.74, 6) is 0.626. The zero-order valence-electron chi connectivity index (χ0n) is 9.31. The fourth-order valence-corrected chi connectivity index (χ4v) is 1.45. The maximum atomic E-state index is 8.99. The average Bonchev–Trinajstić information content (AvgIpc) is 2.51. The summed E-state index contributed by atoms with van der Waals surface area (Å²) in [6, 6.07) is 2.31. The van der Waals surface area contributed by atoms with Crippen LogP contribution in [-0.2, 0) is 0 Å². The first-order valence-corrected chi connectivity index (χ1v) is 4.90. The first-order chi connectivity index (χ1) is 5.77. The number of rotatable bonds is 1. The summed E-state index contributed by atoms with van der Waals surface area (Å²) in [6.07, 6.45) is 3.40. The number of hydrogen-bond donors (Lipinski definition) is 0. The Kier molecular flexibility index (Phi) is 2.28. The molecule has 0 spiro atoms. The van der Waals surface area contributed by atoms with Crippen LogP contribution in [0.3, 0.4) is 0 Å². The van der Waals surface area contributed by atoms with E-state index in [1.165, 1.54) is 6.42 Å². The van der Waals surface area contributed by atoms with Gasteiger partial charge in [-0.15, -0.1) is 0 Å². The highest BCUT2D eigenvalue weighted by Crippen LogP contribution is 2.53. The molecule has 0 radical (unpaired) electrons. The molecular weight excluding hydrogens is 158 g/mol. The van der Waals surface area contributed by atoms with Gasteiger partial charge < -0.3 is 0 Å². The third-order valence-corrected chi connectivity index (χ3v) is 2.89. The molecule has 1 nitrogen and oxygen atoms in total. The molecule has 0 amide bonds. The van der Waals surface area contributed by atoms with E-state index in [-0.39, 0.29) is 5.41 Å². The van der Waals surface area contributed by atoms with Crippen LogP contribution in [0, 0.1) is 28.1 Å². The maximum absolute atomic E-state index is 8.99. The van der Waals surface area contributed by atoms with Crippen molar-refractivity contribution in [3.8, 4) is 6.07 Å². The van der Waals surface area contributed by atoms with Gasteiger partial charge in [-0.2, -0.15) is 5.26 Å². The van der Waals surface area contributed by atoms with E-state index in [0.717, 1.165) is 5.57 Å². The van der Waals surface area contributed by atoms with E-state index in [1.54, 1.807) is 0 Å². The molecule has 1 unspecified atom stereocenters. The Labute approximate surface area is 81.5 Å². The molecule has 1 heteroatoms. The number of nitriles is 1. The van der Waals surface area contributed by atoms with Crippen LogP contribution >= 0.6 is 0 Å². The van der Waals surface area contributed by atoms with Crippen molar-refractivity contribution >= 4 is 0 Å². The van der Waals surface area contributed by atoms with Crippen molar-refractivity contribution in [1.29, 1.82) is 5.26 Å². The Morgan fingerprint density at radius 3 is 2.15 bits per heavy atom. The molecule has 1 aliphatic rings. The van der Waals surface area contributed by atoms with Gasteiger partial charge in [-0.3, -0.25) is 0 Å². The number of allylic oxidation sites excluding steroid dienone is 2. The van der Waals surface area contributed by atoms with E-state index < -0.39 is 0 Å². The van der Waals surface area contributed by atoms with E-state index in [9.17, 15) is 0 Å². The van der Waals surface area contributed by atoms with E-state index in [0.29, 0.717) is 11.3 Å². The van der Waals surface area contributed by atoms with Crippen LogP contribution < -0.4 is 0 Å². The monoisotopic (exact) mass is 177 g/mol. The second-order valence-corrected chi connectivity index (χ2v) is 5.74. The third-order valence-electron chi connectivity index (χ3n) is 2.89. The zero-order valence-corrected chi connectivity index (χ0v) is 9.31. The lowest BCUT2D eigenvalue weighted by Crippen LogP contribution is -2.08. The summed E-state index contributed by atoms with van der Waals surface area (Å²) < 4.78 is 0.